The van der Waals surface area contributed by atoms with E-state index >= 15 is 0 Å². The fourth-order valence-electron chi connectivity index (χ4n) is 4.10. The number of H-pyrrole nitrogens is 1. The van der Waals surface area contributed by atoms with E-state index in [4.69, 9.17) is 11.6 Å². The van der Waals surface area contributed by atoms with Crippen LogP contribution in [0.1, 0.15) is 36.6 Å². The molecule has 0 saturated heterocycles. The SMILES string of the molecule is Cc1c(-c2cnc3[nH]cc([C@H](C)c4c(OC(F)F)ccc(F)c4Cl)c3c2)cnn1CC(C)CO. The predicted octanol–water partition coefficient (Wildman–Crippen LogP) is 5.91. The standard InChI is InChI=1S/C24H24ClF3N4O2/c1-12(11-33)10-32-14(3)18(9-31-32)15-6-16-17(8-30-23(16)29-7-15)13(2)21-20(34-24(27)28)5-4-19(26)22(21)25/h4-9,12-13,24,33H,10-11H2,1-3H3,(H,29,30)/t12?,13-/m0/s1. The molecule has 0 fully saturated rings. The Morgan fingerprint density at radius 3 is 2.71 bits per heavy atom. The number of ether oxygens (including phenoxy) is 1. The van der Waals surface area contributed by atoms with Crippen LogP contribution in [0.5, 0.6) is 5.75 Å². The summed E-state index contributed by atoms with van der Waals surface area (Å²) in [7, 11) is 0. The molecule has 4 aromatic rings. The van der Waals surface area contributed by atoms with Crippen LogP contribution in [-0.2, 0) is 6.54 Å². The van der Waals surface area contributed by atoms with Crippen LogP contribution in [0, 0.1) is 18.7 Å². The monoisotopic (exact) mass is 492 g/mol. The van der Waals surface area contributed by atoms with Crippen molar-refractivity contribution in [1.29, 1.82) is 0 Å². The first-order valence-corrected chi connectivity index (χ1v) is 11.1. The van der Waals surface area contributed by atoms with E-state index in [2.05, 4.69) is 19.8 Å². The number of aliphatic hydroxyl groups excluding tert-OH is 1. The van der Waals surface area contributed by atoms with Gasteiger partial charge in [-0.25, -0.2) is 9.37 Å². The molecule has 0 aliphatic carbocycles. The molecule has 1 unspecified atom stereocenters. The first-order chi connectivity index (χ1) is 16.2. The molecule has 180 valence electrons. The van der Waals surface area contributed by atoms with Gasteiger partial charge in [-0.1, -0.05) is 25.4 Å². The number of benzene rings is 1. The average Bonchev–Trinajstić information content (AvgIpc) is 3.38. The predicted molar refractivity (Wildman–Crippen MR) is 124 cm³/mol. The summed E-state index contributed by atoms with van der Waals surface area (Å²) in [6, 6.07) is 4.08. The highest BCUT2D eigenvalue weighted by atomic mass is 35.5. The Morgan fingerprint density at radius 1 is 1.24 bits per heavy atom. The van der Waals surface area contributed by atoms with E-state index in [9.17, 15) is 18.3 Å². The van der Waals surface area contributed by atoms with E-state index in [1.807, 2.05) is 24.6 Å². The van der Waals surface area contributed by atoms with Crippen LogP contribution < -0.4 is 4.74 Å². The van der Waals surface area contributed by atoms with Crippen LogP contribution in [0.25, 0.3) is 22.2 Å². The number of nitrogens with zero attached hydrogens (tertiary/aromatic N) is 3. The molecule has 4 rings (SSSR count). The summed E-state index contributed by atoms with van der Waals surface area (Å²) in [5, 5.41) is 14.3. The number of hydrogen-bond acceptors (Lipinski definition) is 4. The molecule has 10 heteroatoms. The molecular weight excluding hydrogens is 469 g/mol. The lowest BCUT2D eigenvalue weighted by molar-refractivity contribution is -0.0505. The van der Waals surface area contributed by atoms with Crippen LogP contribution in [0.15, 0.2) is 36.8 Å². The molecular formula is C24H24ClF3N4O2. The van der Waals surface area contributed by atoms with Crippen LogP contribution in [0.4, 0.5) is 13.2 Å². The third-order valence-corrected chi connectivity index (χ3v) is 6.37. The minimum absolute atomic E-state index is 0.0600. The maximum Gasteiger partial charge on any atom is 0.387 e. The maximum absolute atomic E-state index is 14.2. The number of aromatic nitrogens is 4. The van der Waals surface area contributed by atoms with Gasteiger partial charge in [0.05, 0.1) is 11.2 Å². The zero-order valence-electron chi connectivity index (χ0n) is 18.8. The molecule has 1 aromatic carbocycles. The highest BCUT2D eigenvalue weighted by molar-refractivity contribution is 6.31. The topological polar surface area (TPSA) is 76.0 Å². The largest absolute Gasteiger partial charge is 0.434 e. The number of aliphatic hydroxyl groups is 1. The summed E-state index contributed by atoms with van der Waals surface area (Å²) in [4.78, 5) is 7.58. The second-order valence-corrected chi connectivity index (χ2v) is 8.73. The number of alkyl halides is 2. The van der Waals surface area contributed by atoms with Gasteiger partial charge in [0, 0.05) is 59.2 Å². The van der Waals surface area contributed by atoms with Gasteiger partial charge < -0.3 is 14.8 Å². The summed E-state index contributed by atoms with van der Waals surface area (Å²) in [6.45, 7) is 3.19. The molecule has 2 N–H and O–H groups in total. The van der Waals surface area contributed by atoms with E-state index in [1.165, 1.54) is 0 Å². The van der Waals surface area contributed by atoms with Crippen molar-refractivity contribution in [2.75, 3.05) is 6.61 Å². The van der Waals surface area contributed by atoms with Crippen LogP contribution >= 0.6 is 11.6 Å². The van der Waals surface area contributed by atoms with Crippen molar-refractivity contribution in [1.82, 2.24) is 19.7 Å². The fourth-order valence-corrected chi connectivity index (χ4v) is 4.42. The Labute approximate surface area is 199 Å². The lowest BCUT2D eigenvalue weighted by Crippen LogP contribution is -2.13. The average molecular weight is 493 g/mol. The smallest absolute Gasteiger partial charge is 0.387 e. The zero-order valence-corrected chi connectivity index (χ0v) is 19.6. The second kappa shape index (κ2) is 9.68. The lowest BCUT2D eigenvalue weighted by atomic mass is 9.91. The molecule has 0 saturated carbocycles. The van der Waals surface area contributed by atoms with Crippen molar-refractivity contribution in [3.8, 4) is 16.9 Å². The van der Waals surface area contributed by atoms with Crippen molar-refractivity contribution < 1.29 is 23.0 Å². The number of aromatic amines is 1. The van der Waals surface area contributed by atoms with E-state index in [0.717, 1.165) is 34.3 Å². The molecule has 0 spiro atoms. The van der Waals surface area contributed by atoms with Gasteiger partial charge in [0.2, 0.25) is 0 Å². The Hall–Kier alpha value is -3.04. The van der Waals surface area contributed by atoms with Gasteiger partial charge in [-0.15, -0.1) is 0 Å². The molecule has 3 heterocycles. The van der Waals surface area contributed by atoms with Gasteiger partial charge in [-0.2, -0.15) is 13.9 Å². The Kier molecular flexibility index (Phi) is 6.86. The third kappa shape index (κ3) is 4.50. The van der Waals surface area contributed by atoms with Gasteiger partial charge in [-0.05, 0) is 36.6 Å². The number of pyridine rings is 1. The first kappa shape index (κ1) is 24.1. The van der Waals surface area contributed by atoms with Crippen LogP contribution in [0.2, 0.25) is 5.02 Å². The lowest BCUT2D eigenvalue weighted by Gasteiger charge is -2.18. The molecule has 0 amide bonds. The van der Waals surface area contributed by atoms with E-state index in [-0.39, 0.29) is 28.9 Å². The van der Waals surface area contributed by atoms with Crippen molar-refractivity contribution in [2.45, 2.75) is 39.8 Å². The summed E-state index contributed by atoms with van der Waals surface area (Å²) in [6.07, 6.45) is 5.17. The number of hydrogen-bond donors (Lipinski definition) is 2. The highest BCUT2D eigenvalue weighted by Gasteiger charge is 2.25. The Bertz CT molecular complexity index is 1320. The Balaban J connectivity index is 1.77. The minimum atomic E-state index is -3.07. The third-order valence-electron chi connectivity index (χ3n) is 5.98. The molecule has 34 heavy (non-hydrogen) atoms. The second-order valence-electron chi connectivity index (χ2n) is 8.35. The summed E-state index contributed by atoms with van der Waals surface area (Å²) in [5.41, 5.74) is 4.05. The zero-order chi connectivity index (χ0) is 24.6. The van der Waals surface area contributed by atoms with Crippen molar-refractivity contribution in [3.63, 3.8) is 0 Å². The van der Waals surface area contributed by atoms with Gasteiger partial charge in [0.1, 0.15) is 17.2 Å². The van der Waals surface area contributed by atoms with Crippen molar-refractivity contribution >= 4 is 22.6 Å². The number of halogens is 4. The molecule has 0 radical (unpaired) electrons. The van der Waals surface area contributed by atoms with Gasteiger partial charge >= 0.3 is 6.61 Å². The maximum atomic E-state index is 14.2. The summed E-state index contributed by atoms with van der Waals surface area (Å²) >= 11 is 6.19. The summed E-state index contributed by atoms with van der Waals surface area (Å²) in [5.74, 6) is -1.41. The van der Waals surface area contributed by atoms with Gasteiger partial charge in [-0.3, -0.25) is 4.68 Å². The quantitative estimate of drug-likeness (QED) is 0.320. The molecule has 0 aliphatic rings. The molecule has 6 nitrogen and oxygen atoms in total. The van der Waals surface area contributed by atoms with Gasteiger partial charge in [0.25, 0.3) is 0 Å². The van der Waals surface area contributed by atoms with Crippen LogP contribution in [0.3, 0.4) is 0 Å². The normalized spacial score (nSPS) is 13.6. The highest BCUT2D eigenvalue weighted by Crippen LogP contribution is 2.41. The van der Waals surface area contributed by atoms with E-state index in [0.29, 0.717) is 17.8 Å². The van der Waals surface area contributed by atoms with E-state index in [1.54, 1.807) is 25.5 Å². The minimum Gasteiger partial charge on any atom is -0.434 e. The Morgan fingerprint density at radius 2 is 2.00 bits per heavy atom. The van der Waals surface area contributed by atoms with Gasteiger partial charge in [0.15, 0.2) is 0 Å². The number of rotatable bonds is 8. The first-order valence-electron chi connectivity index (χ1n) is 10.7. The molecule has 0 bridgehead atoms. The molecule has 2 atom stereocenters. The van der Waals surface area contributed by atoms with Crippen LogP contribution in [-0.4, -0.2) is 38.1 Å². The number of nitrogens with one attached hydrogen (secondary N) is 1. The fraction of sp³-hybridized carbons (Fsp3) is 0.333. The van der Waals surface area contributed by atoms with Crippen molar-refractivity contribution in [2.24, 2.45) is 5.92 Å². The van der Waals surface area contributed by atoms with E-state index < -0.39 is 18.3 Å². The van der Waals surface area contributed by atoms with Crippen molar-refractivity contribution in [3.05, 3.63) is 64.5 Å². The number of fused-ring (bicyclic) bond motifs is 1. The molecule has 0 aliphatic heterocycles. The summed E-state index contributed by atoms with van der Waals surface area (Å²) < 4.78 is 46.7. The molecule has 3 aromatic heterocycles.